The van der Waals surface area contributed by atoms with Crippen molar-refractivity contribution in [3.05, 3.63) is 0 Å². The van der Waals surface area contributed by atoms with Crippen LogP contribution in [-0.4, -0.2) is 44.0 Å². The van der Waals surface area contributed by atoms with Crippen molar-refractivity contribution in [1.82, 2.24) is 4.90 Å². The molecule has 0 amide bonds. The van der Waals surface area contributed by atoms with Crippen molar-refractivity contribution in [3.8, 4) is 0 Å². The summed E-state index contributed by atoms with van der Waals surface area (Å²) in [5.74, 6) is 15.5. The Hall–Kier alpha value is 0.660. The van der Waals surface area contributed by atoms with Gasteiger partial charge in [0, 0.05) is 39.1 Å². The van der Waals surface area contributed by atoms with E-state index < -0.39 is 0 Å². The molecular weight excluding hydrogens is 739 g/mol. The number of hydrogen-bond acceptors (Lipinski definition) is 3. The molecule has 2 aliphatic heterocycles. The maximum absolute atomic E-state index is 3.47. The van der Waals surface area contributed by atoms with E-state index in [9.17, 15) is 0 Å². The highest BCUT2D eigenvalue weighted by molar-refractivity contribution is 8.02. The van der Waals surface area contributed by atoms with Crippen LogP contribution in [0.5, 0.6) is 0 Å². The largest absolute Gasteiger partial charge is 0.294 e. The van der Waals surface area contributed by atoms with E-state index in [1.165, 1.54) is 25.7 Å². The highest BCUT2D eigenvalue weighted by atomic mass is 32.2. The molecule has 0 aromatic heterocycles. The second kappa shape index (κ2) is 16.0. The summed E-state index contributed by atoms with van der Waals surface area (Å²) >= 11 is 5.21. The third-order valence-corrected chi connectivity index (χ3v) is 27.4. The maximum Gasteiger partial charge on any atom is 0.0123 e. The minimum Gasteiger partial charge on any atom is -0.294 e. The molecule has 0 N–H and O–H groups in total. The lowest BCUT2D eigenvalue weighted by atomic mass is 9.52. The maximum atomic E-state index is 3.47. The molecule has 13 fully saturated rings. The van der Waals surface area contributed by atoms with Crippen LogP contribution in [-0.2, 0) is 0 Å². The monoisotopic (exact) mass is 826 g/mol. The summed E-state index contributed by atoms with van der Waals surface area (Å²) in [6, 6.07) is 2.78. The quantitative estimate of drug-likeness (QED) is 0.278. The molecule has 58 heavy (non-hydrogen) atoms. The summed E-state index contributed by atoms with van der Waals surface area (Å²) in [5.41, 5.74) is 0.767. The van der Waals surface area contributed by atoms with E-state index in [0.717, 1.165) is 127 Å². The van der Waals surface area contributed by atoms with Gasteiger partial charge in [0.05, 0.1) is 0 Å². The minimum absolute atomic E-state index is 0.767. The lowest BCUT2D eigenvalue weighted by molar-refractivity contribution is -0.0637. The van der Waals surface area contributed by atoms with Crippen molar-refractivity contribution in [1.29, 1.82) is 0 Å². The fourth-order valence-electron chi connectivity index (χ4n) is 22.2. The summed E-state index contributed by atoms with van der Waals surface area (Å²) in [7, 11) is 0. The fraction of sp³-hybridized carbons (Fsp3) is 1.00. The van der Waals surface area contributed by atoms with Crippen LogP contribution in [0.15, 0.2) is 0 Å². The van der Waals surface area contributed by atoms with Gasteiger partial charge in [-0.3, -0.25) is 4.90 Å². The van der Waals surface area contributed by atoms with Crippen LogP contribution in [0.3, 0.4) is 0 Å². The topological polar surface area (TPSA) is 3.24 Å². The van der Waals surface area contributed by atoms with Gasteiger partial charge in [0.2, 0.25) is 0 Å². The number of hydrogen-bond donors (Lipinski definition) is 0. The summed E-state index contributed by atoms with van der Waals surface area (Å²) in [5, 5.41) is 4.19. The van der Waals surface area contributed by atoms with E-state index in [1.54, 1.807) is 186 Å². The van der Waals surface area contributed by atoms with Crippen LogP contribution in [0.1, 0.15) is 212 Å². The Labute approximate surface area is 365 Å². The van der Waals surface area contributed by atoms with Crippen LogP contribution in [0.2, 0.25) is 0 Å². The molecule has 324 valence electrons. The normalized spacial score (nSPS) is 56.4. The molecule has 11 saturated carbocycles. The molecule has 2 heterocycles. The first-order valence-electron chi connectivity index (χ1n) is 27.9. The van der Waals surface area contributed by atoms with Gasteiger partial charge < -0.3 is 0 Å². The van der Waals surface area contributed by atoms with Crippen molar-refractivity contribution in [3.63, 3.8) is 0 Å². The van der Waals surface area contributed by atoms with Crippen molar-refractivity contribution in [2.75, 3.05) is 0 Å². The van der Waals surface area contributed by atoms with E-state index >= 15 is 0 Å². The molecule has 2 saturated heterocycles. The van der Waals surface area contributed by atoms with E-state index in [2.05, 4.69) is 28.4 Å². The van der Waals surface area contributed by atoms with Crippen molar-refractivity contribution >= 4 is 23.5 Å². The van der Waals surface area contributed by atoms with E-state index in [4.69, 9.17) is 0 Å². The first-order valence-corrected chi connectivity index (χ1v) is 29.7. The third kappa shape index (κ3) is 6.03. The van der Waals surface area contributed by atoms with Gasteiger partial charge >= 0.3 is 0 Å². The summed E-state index contributed by atoms with van der Waals surface area (Å²) < 4.78 is 0. The van der Waals surface area contributed by atoms with Gasteiger partial charge in [0.1, 0.15) is 0 Å². The second-order valence-electron chi connectivity index (χ2n) is 25.0. The Morgan fingerprint density at radius 2 is 0.828 bits per heavy atom. The molecule has 3 heteroatoms. The molecule has 18 unspecified atom stereocenters. The van der Waals surface area contributed by atoms with Crippen LogP contribution in [0.25, 0.3) is 0 Å². The standard InChI is InChI=1S/C55H87NS2/c1-2-13-35(14-3-1)56(37-29-30-42-41-17-6-10-23-48(41)55(49(42)33-37)46-21-8-4-15-39(46)40-16-5-9-22-47(40)55)36-27-25-34(26-28-36)38-19-12-20-43-44-31-32-51-52(54(44)58-53(38)43)45-18-7-11-24-50(45)57-51/h34-54H,1-33H2. The Balaban J connectivity index is 0.753. The number of thioether (sulfide) groups is 2. The minimum atomic E-state index is 0.767. The predicted octanol–water partition coefficient (Wildman–Crippen LogP) is 15.0. The smallest absolute Gasteiger partial charge is 0.0123 e. The van der Waals surface area contributed by atoms with Gasteiger partial charge in [-0.15, -0.1) is 0 Å². The average molecular weight is 826 g/mol. The van der Waals surface area contributed by atoms with Gasteiger partial charge in [-0.05, 0) is 223 Å². The second-order valence-corrected chi connectivity index (χ2v) is 27.9. The lowest BCUT2D eigenvalue weighted by Gasteiger charge is -2.55. The van der Waals surface area contributed by atoms with Crippen LogP contribution < -0.4 is 0 Å². The molecule has 0 aromatic carbocycles. The molecule has 18 atom stereocenters. The molecular formula is C55H87NS2. The SMILES string of the molecule is C1CCC(N(C2CCC(C3CCCC4C5CCC6SC7CCCCC7C6C5SC34)CC2)C2CCC3C4CCCCC4C4(C5CCCCC5C5CCCCC54)C3C2)CC1. The molecule has 13 rings (SSSR count). The summed E-state index contributed by atoms with van der Waals surface area (Å²) in [4.78, 5) is 3.47. The third-order valence-electron chi connectivity index (χ3n) is 23.6. The number of fused-ring (bicyclic) bond motifs is 17. The average Bonchev–Trinajstić information content (AvgIpc) is 4.02. The lowest BCUT2D eigenvalue weighted by Crippen LogP contribution is -2.55. The molecule has 13 aliphatic rings. The highest BCUT2D eigenvalue weighted by Crippen LogP contribution is 2.78. The van der Waals surface area contributed by atoms with Crippen molar-refractivity contribution in [2.24, 2.45) is 88.3 Å². The Morgan fingerprint density at radius 1 is 0.310 bits per heavy atom. The van der Waals surface area contributed by atoms with Gasteiger partial charge in [-0.25, -0.2) is 0 Å². The van der Waals surface area contributed by atoms with Crippen LogP contribution >= 0.6 is 23.5 Å². The molecule has 1 nitrogen and oxygen atoms in total. The van der Waals surface area contributed by atoms with Gasteiger partial charge in [0.25, 0.3) is 0 Å². The van der Waals surface area contributed by atoms with Crippen molar-refractivity contribution in [2.45, 2.75) is 251 Å². The van der Waals surface area contributed by atoms with E-state index in [1.807, 2.05) is 0 Å². The number of nitrogens with zero attached hydrogens (tertiary/aromatic N) is 1. The van der Waals surface area contributed by atoms with E-state index in [0.29, 0.717) is 0 Å². The summed E-state index contributed by atoms with van der Waals surface area (Å²) in [6.07, 6.45) is 52.5. The molecule has 1 spiro atoms. The Kier molecular flexibility index (Phi) is 10.8. The van der Waals surface area contributed by atoms with Gasteiger partial charge in [-0.2, -0.15) is 23.5 Å². The first kappa shape index (κ1) is 39.1. The Morgan fingerprint density at radius 3 is 1.53 bits per heavy atom. The zero-order valence-corrected chi connectivity index (χ0v) is 38.9. The Bertz CT molecular complexity index is 1410. The van der Waals surface area contributed by atoms with Gasteiger partial charge in [0.15, 0.2) is 0 Å². The first-order chi connectivity index (χ1) is 28.8. The molecule has 11 aliphatic carbocycles. The summed E-state index contributed by atoms with van der Waals surface area (Å²) in [6.45, 7) is 0. The highest BCUT2D eigenvalue weighted by Gasteiger charge is 2.72. The molecule has 0 aromatic rings. The predicted molar refractivity (Wildman–Crippen MR) is 247 cm³/mol. The zero-order chi connectivity index (χ0) is 38.0. The molecule has 0 bridgehead atoms. The van der Waals surface area contributed by atoms with E-state index in [-0.39, 0.29) is 0 Å². The van der Waals surface area contributed by atoms with Crippen molar-refractivity contribution < 1.29 is 0 Å². The number of rotatable bonds is 4. The fourth-order valence-corrected chi connectivity index (χ4v) is 27.0. The van der Waals surface area contributed by atoms with Gasteiger partial charge in [-0.1, -0.05) is 77.0 Å². The van der Waals surface area contributed by atoms with Crippen LogP contribution in [0.4, 0.5) is 0 Å². The van der Waals surface area contributed by atoms with Crippen LogP contribution in [0, 0.1) is 88.3 Å². The molecule has 0 radical (unpaired) electrons. The zero-order valence-electron chi connectivity index (χ0n) is 37.2.